The van der Waals surface area contributed by atoms with Crippen LogP contribution in [0.1, 0.15) is 6.42 Å². The normalized spacial score (nSPS) is 8.17. The molecule has 0 saturated carbocycles. The first-order valence-corrected chi connectivity index (χ1v) is 3.59. The Morgan fingerprint density at radius 2 is 2.33 bits per heavy atom. The van der Waals surface area contributed by atoms with Crippen molar-refractivity contribution in [1.82, 2.24) is 10.6 Å². The van der Waals surface area contributed by atoms with E-state index in [1.165, 1.54) is 0 Å². The maximum absolute atomic E-state index is 10.8. The van der Waals surface area contributed by atoms with Gasteiger partial charge in [-0.05, 0) is 0 Å². The van der Waals surface area contributed by atoms with Gasteiger partial charge in [0, 0.05) is 13.0 Å². The van der Waals surface area contributed by atoms with Crippen LogP contribution < -0.4 is 10.6 Å². The van der Waals surface area contributed by atoms with Crippen molar-refractivity contribution >= 4 is 5.91 Å². The van der Waals surface area contributed by atoms with E-state index in [9.17, 15) is 4.79 Å². The summed E-state index contributed by atoms with van der Waals surface area (Å²) in [5.41, 5.74) is 0. The average Bonchev–Trinajstić information content (AvgIpc) is 2.09. The molecule has 0 aromatic carbocycles. The van der Waals surface area contributed by atoms with Gasteiger partial charge in [-0.15, -0.1) is 12.3 Å². The minimum atomic E-state index is -0.187. The van der Waals surface area contributed by atoms with Crippen LogP contribution in [-0.4, -0.2) is 25.5 Å². The van der Waals surface area contributed by atoms with Gasteiger partial charge in [-0.25, -0.2) is 0 Å². The molecule has 0 saturated heterocycles. The number of carbonyl (C=O) groups excluding carboxylic acids is 1. The van der Waals surface area contributed by atoms with Crippen molar-refractivity contribution < 1.29 is 4.79 Å². The molecule has 0 unspecified atom stereocenters. The molecule has 0 aliphatic heterocycles. The number of nitriles is 1. The molecule has 4 heteroatoms. The lowest BCUT2D eigenvalue weighted by molar-refractivity contribution is -0.120. The van der Waals surface area contributed by atoms with Gasteiger partial charge in [-0.1, -0.05) is 0 Å². The molecule has 0 aliphatic rings. The smallest absolute Gasteiger partial charge is 0.234 e. The third-order valence-electron chi connectivity index (χ3n) is 1.10. The van der Waals surface area contributed by atoms with E-state index in [-0.39, 0.29) is 19.0 Å². The van der Waals surface area contributed by atoms with E-state index in [2.05, 4.69) is 16.6 Å². The lowest BCUT2D eigenvalue weighted by atomic mass is 10.4. The molecule has 0 aromatic heterocycles. The fourth-order valence-corrected chi connectivity index (χ4v) is 0.563. The third kappa shape index (κ3) is 6.60. The Morgan fingerprint density at radius 3 is 2.92 bits per heavy atom. The summed E-state index contributed by atoms with van der Waals surface area (Å²) < 4.78 is 0. The molecule has 0 bridgehead atoms. The summed E-state index contributed by atoms with van der Waals surface area (Å²) in [4.78, 5) is 10.8. The minimum Gasteiger partial charge on any atom is -0.342 e. The standard InChI is InChI=1S/C8H11N3O/c1-2-3-5-10-7-8(12)11-6-4-9/h1,10H,3,5-7H2,(H,11,12). The van der Waals surface area contributed by atoms with E-state index >= 15 is 0 Å². The van der Waals surface area contributed by atoms with E-state index in [0.29, 0.717) is 13.0 Å². The zero-order valence-electron chi connectivity index (χ0n) is 6.76. The Bertz CT molecular complexity index is 211. The molecule has 0 atom stereocenters. The number of rotatable bonds is 5. The van der Waals surface area contributed by atoms with E-state index in [1.807, 2.05) is 6.07 Å². The van der Waals surface area contributed by atoms with Crippen LogP contribution in [0.4, 0.5) is 0 Å². The molecule has 0 rings (SSSR count). The first kappa shape index (κ1) is 10.5. The van der Waals surface area contributed by atoms with E-state index in [1.54, 1.807) is 0 Å². The lowest BCUT2D eigenvalue weighted by Crippen LogP contribution is -2.34. The molecule has 12 heavy (non-hydrogen) atoms. The van der Waals surface area contributed by atoms with Crippen molar-refractivity contribution in [3.8, 4) is 18.4 Å². The van der Waals surface area contributed by atoms with Crippen LogP contribution in [0.5, 0.6) is 0 Å². The average molecular weight is 165 g/mol. The fraction of sp³-hybridized carbons (Fsp3) is 0.500. The van der Waals surface area contributed by atoms with Crippen molar-refractivity contribution in [2.45, 2.75) is 6.42 Å². The van der Waals surface area contributed by atoms with Gasteiger partial charge < -0.3 is 10.6 Å². The molecule has 0 aromatic rings. The van der Waals surface area contributed by atoms with Gasteiger partial charge in [-0.2, -0.15) is 5.26 Å². The summed E-state index contributed by atoms with van der Waals surface area (Å²) in [5, 5.41) is 13.3. The molecule has 0 spiro atoms. The van der Waals surface area contributed by atoms with Crippen LogP contribution in [0.25, 0.3) is 0 Å². The van der Waals surface area contributed by atoms with Crippen molar-refractivity contribution in [2.24, 2.45) is 0 Å². The summed E-state index contributed by atoms with van der Waals surface area (Å²) in [6, 6.07) is 1.81. The van der Waals surface area contributed by atoms with E-state index in [0.717, 1.165) is 0 Å². The maximum Gasteiger partial charge on any atom is 0.234 e. The lowest BCUT2D eigenvalue weighted by Gasteiger charge is -2.00. The van der Waals surface area contributed by atoms with Gasteiger partial charge in [0.1, 0.15) is 6.54 Å². The molecule has 0 heterocycles. The Kier molecular flexibility index (Phi) is 6.62. The largest absolute Gasteiger partial charge is 0.342 e. The van der Waals surface area contributed by atoms with Gasteiger partial charge in [0.2, 0.25) is 5.91 Å². The maximum atomic E-state index is 10.8. The third-order valence-corrected chi connectivity index (χ3v) is 1.10. The number of hydrogen-bond acceptors (Lipinski definition) is 3. The monoisotopic (exact) mass is 165 g/mol. The minimum absolute atomic E-state index is 0.0512. The predicted octanol–water partition coefficient (Wildman–Crippen LogP) is -0.761. The Morgan fingerprint density at radius 1 is 1.58 bits per heavy atom. The van der Waals surface area contributed by atoms with E-state index in [4.69, 9.17) is 11.7 Å². The summed E-state index contributed by atoms with van der Waals surface area (Å²) >= 11 is 0. The Hall–Kier alpha value is -1.52. The van der Waals surface area contributed by atoms with Crippen LogP contribution >= 0.6 is 0 Å². The summed E-state index contributed by atoms with van der Waals surface area (Å²) in [7, 11) is 0. The molecule has 0 aliphatic carbocycles. The highest BCUT2D eigenvalue weighted by molar-refractivity contribution is 5.78. The predicted molar refractivity (Wildman–Crippen MR) is 44.9 cm³/mol. The highest BCUT2D eigenvalue weighted by Gasteiger charge is 1.96. The number of carbonyl (C=O) groups is 1. The van der Waals surface area contributed by atoms with Crippen LogP contribution in [-0.2, 0) is 4.79 Å². The highest BCUT2D eigenvalue weighted by Crippen LogP contribution is 1.69. The van der Waals surface area contributed by atoms with E-state index < -0.39 is 0 Å². The number of nitrogens with zero attached hydrogens (tertiary/aromatic N) is 1. The molecular weight excluding hydrogens is 154 g/mol. The topological polar surface area (TPSA) is 64.9 Å². The quantitative estimate of drug-likeness (QED) is 0.320. The molecule has 0 fully saturated rings. The molecular formula is C8H11N3O. The number of nitrogens with one attached hydrogen (secondary N) is 2. The second-order valence-corrected chi connectivity index (χ2v) is 2.07. The number of amides is 1. The van der Waals surface area contributed by atoms with Crippen LogP contribution in [0.2, 0.25) is 0 Å². The zero-order valence-corrected chi connectivity index (χ0v) is 6.76. The molecule has 1 amide bonds. The highest BCUT2D eigenvalue weighted by atomic mass is 16.1. The first-order valence-electron chi connectivity index (χ1n) is 3.59. The molecule has 4 nitrogen and oxygen atoms in total. The Balaban J connectivity index is 3.22. The van der Waals surface area contributed by atoms with Crippen molar-refractivity contribution in [2.75, 3.05) is 19.6 Å². The SMILES string of the molecule is C#CCCNCC(=O)NCC#N. The van der Waals surface area contributed by atoms with Gasteiger partial charge in [0.05, 0.1) is 12.6 Å². The van der Waals surface area contributed by atoms with Crippen LogP contribution in [0.3, 0.4) is 0 Å². The zero-order chi connectivity index (χ0) is 9.23. The fourth-order valence-electron chi connectivity index (χ4n) is 0.563. The Labute approximate surface area is 71.9 Å². The molecule has 0 radical (unpaired) electrons. The van der Waals surface area contributed by atoms with Gasteiger partial charge in [-0.3, -0.25) is 4.79 Å². The second-order valence-electron chi connectivity index (χ2n) is 2.07. The summed E-state index contributed by atoms with van der Waals surface area (Å²) in [6.07, 6.45) is 5.59. The van der Waals surface area contributed by atoms with Crippen molar-refractivity contribution in [3.05, 3.63) is 0 Å². The van der Waals surface area contributed by atoms with Crippen LogP contribution in [0.15, 0.2) is 0 Å². The van der Waals surface area contributed by atoms with Crippen molar-refractivity contribution in [3.63, 3.8) is 0 Å². The number of hydrogen-bond donors (Lipinski definition) is 2. The van der Waals surface area contributed by atoms with Gasteiger partial charge in [0.15, 0.2) is 0 Å². The first-order chi connectivity index (χ1) is 5.81. The molecule has 2 N–H and O–H groups in total. The summed E-state index contributed by atoms with van der Waals surface area (Å²) in [6.45, 7) is 0.884. The van der Waals surface area contributed by atoms with Crippen molar-refractivity contribution in [1.29, 1.82) is 5.26 Å². The number of terminal acetylenes is 1. The van der Waals surface area contributed by atoms with Crippen LogP contribution in [0, 0.1) is 23.7 Å². The van der Waals surface area contributed by atoms with Gasteiger partial charge in [0.25, 0.3) is 0 Å². The summed E-state index contributed by atoms with van der Waals surface area (Å²) in [5.74, 6) is 2.25. The second kappa shape index (κ2) is 7.59. The molecule has 64 valence electrons. The van der Waals surface area contributed by atoms with Gasteiger partial charge >= 0.3 is 0 Å².